The Balaban J connectivity index is 1.81. The van der Waals surface area contributed by atoms with Gasteiger partial charge in [0.15, 0.2) is 0 Å². The molecule has 6 heteroatoms. The first-order valence-corrected chi connectivity index (χ1v) is 7.52. The zero-order valence-corrected chi connectivity index (χ0v) is 13.8. The molecule has 0 unspecified atom stereocenters. The SMILES string of the molecule is Cc1nnc(-c2cccc(NC(=O)c3cccc(N(C)C)c3)c2)o1. The highest BCUT2D eigenvalue weighted by atomic mass is 16.4. The molecule has 122 valence electrons. The Bertz CT molecular complexity index is 871. The molecule has 6 nitrogen and oxygen atoms in total. The molecule has 1 amide bonds. The van der Waals surface area contributed by atoms with Gasteiger partial charge in [-0.15, -0.1) is 10.2 Å². The second-order valence-electron chi connectivity index (χ2n) is 5.61. The number of hydrogen-bond acceptors (Lipinski definition) is 5. The van der Waals surface area contributed by atoms with Gasteiger partial charge in [0.1, 0.15) is 0 Å². The fourth-order valence-corrected chi connectivity index (χ4v) is 2.27. The Morgan fingerprint density at radius 2 is 1.88 bits per heavy atom. The number of amides is 1. The molecule has 0 saturated heterocycles. The van der Waals surface area contributed by atoms with Crippen LogP contribution in [-0.4, -0.2) is 30.2 Å². The van der Waals surface area contributed by atoms with Crippen LogP contribution in [0.25, 0.3) is 11.5 Å². The topological polar surface area (TPSA) is 71.3 Å². The van der Waals surface area contributed by atoms with Gasteiger partial charge in [0.25, 0.3) is 5.91 Å². The van der Waals surface area contributed by atoms with Crippen molar-refractivity contribution in [2.24, 2.45) is 0 Å². The summed E-state index contributed by atoms with van der Waals surface area (Å²) in [5, 5.41) is 10.7. The largest absolute Gasteiger partial charge is 0.421 e. The molecule has 1 heterocycles. The number of hydrogen-bond donors (Lipinski definition) is 1. The van der Waals surface area contributed by atoms with Crippen LogP contribution >= 0.6 is 0 Å². The number of aromatic nitrogens is 2. The van der Waals surface area contributed by atoms with Gasteiger partial charge in [-0.1, -0.05) is 12.1 Å². The quantitative estimate of drug-likeness (QED) is 0.797. The van der Waals surface area contributed by atoms with Crippen LogP contribution in [0.5, 0.6) is 0 Å². The summed E-state index contributed by atoms with van der Waals surface area (Å²) in [6, 6.07) is 14.8. The molecule has 0 saturated carbocycles. The number of carbonyl (C=O) groups is 1. The van der Waals surface area contributed by atoms with Crippen molar-refractivity contribution >= 4 is 17.3 Å². The maximum Gasteiger partial charge on any atom is 0.255 e. The first-order valence-electron chi connectivity index (χ1n) is 7.52. The molecule has 0 atom stereocenters. The lowest BCUT2D eigenvalue weighted by Crippen LogP contribution is -2.14. The fourth-order valence-electron chi connectivity index (χ4n) is 2.27. The van der Waals surface area contributed by atoms with Gasteiger partial charge in [-0.05, 0) is 36.4 Å². The van der Waals surface area contributed by atoms with Crippen LogP contribution in [0.4, 0.5) is 11.4 Å². The lowest BCUT2D eigenvalue weighted by atomic mass is 10.1. The van der Waals surface area contributed by atoms with E-state index in [9.17, 15) is 4.79 Å². The van der Waals surface area contributed by atoms with Crippen LogP contribution in [0.15, 0.2) is 52.9 Å². The van der Waals surface area contributed by atoms with E-state index >= 15 is 0 Å². The summed E-state index contributed by atoms with van der Waals surface area (Å²) in [7, 11) is 3.87. The molecular weight excluding hydrogens is 304 g/mol. The number of benzene rings is 2. The third-order valence-electron chi connectivity index (χ3n) is 3.52. The molecule has 0 bridgehead atoms. The van der Waals surface area contributed by atoms with E-state index in [4.69, 9.17) is 4.42 Å². The molecule has 2 aromatic carbocycles. The maximum atomic E-state index is 12.5. The third kappa shape index (κ3) is 3.43. The number of nitrogens with one attached hydrogen (secondary N) is 1. The Labute approximate surface area is 140 Å². The highest BCUT2D eigenvalue weighted by Crippen LogP contribution is 2.22. The molecule has 24 heavy (non-hydrogen) atoms. The van der Waals surface area contributed by atoms with Gasteiger partial charge in [0.2, 0.25) is 11.8 Å². The summed E-state index contributed by atoms with van der Waals surface area (Å²) in [5.41, 5.74) is 3.00. The van der Waals surface area contributed by atoms with Crippen LogP contribution in [0.1, 0.15) is 16.2 Å². The van der Waals surface area contributed by atoms with Gasteiger partial charge in [0.05, 0.1) is 0 Å². The minimum absolute atomic E-state index is 0.169. The standard InChI is InChI=1S/C18H18N4O2/c1-12-20-21-18(24-12)14-7-4-8-15(10-14)19-17(23)13-6-5-9-16(11-13)22(2)3/h4-11H,1-3H3,(H,19,23). The number of carbonyl (C=O) groups excluding carboxylic acids is 1. The number of rotatable bonds is 4. The van der Waals surface area contributed by atoms with E-state index < -0.39 is 0 Å². The average Bonchev–Trinajstić information content (AvgIpc) is 3.02. The van der Waals surface area contributed by atoms with Crippen molar-refractivity contribution in [2.45, 2.75) is 6.92 Å². The minimum Gasteiger partial charge on any atom is -0.421 e. The summed E-state index contributed by atoms with van der Waals surface area (Å²) < 4.78 is 5.42. The molecule has 0 aliphatic rings. The predicted molar refractivity (Wildman–Crippen MR) is 93.2 cm³/mol. The Hall–Kier alpha value is -3.15. The van der Waals surface area contributed by atoms with E-state index in [2.05, 4.69) is 15.5 Å². The van der Waals surface area contributed by atoms with Crippen LogP contribution in [-0.2, 0) is 0 Å². The zero-order chi connectivity index (χ0) is 17.1. The molecule has 0 radical (unpaired) electrons. The molecule has 3 aromatic rings. The molecule has 0 aliphatic carbocycles. The lowest BCUT2D eigenvalue weighted by Gasteiger charge is -2.13. The van der Waals surface area contributed by atoms with Crippen LogP contribution in [0.3, 0.4) is 0 Å². The van der Waals surface area contributed by atoms with Gasteiger partial charge in [0, 0.05) is 43.5 Å². The first-order chi connectivity index (χ1) is 11.5. The zero-order valence-electron chi connectivity index (χ0n) is 13.8. The van der Waals surface area contributed by atoms with E-state index in [0.717, 1.165) is 11.3 Å². The minimum atomic E-state index is -0.169. The molecule has 0 fully saturated rings. The lowest BCUT2D eigenvalue weighted by molar-refractivity contribution is 0.102. The smallest absolute Gasteiger partial charge is 0.255 e. The fraction of sp³-hybridized carbons (Fsp3) is 0.167. The number of anilines is 2. The van der Waals surface area contributed by atoms with Crippen molar-refractivity contribution in [1.82, 2.24) is 10.2 Å². The summed E-state index contributed by atoms with van der Waals surface area (Å²) in [6.07, 6.45) is 0. The van der Waals surface area contributed by atoms with Crippen molar-refractivity contribution in [3.05, 3.63) is 60.0 Å². The summed E-state index contributed by atoms with van der Waals surface area (Å²) in [4.78, 5) is 14.4. The van der Waals surface area contributed by atoms with E-state index in [-0.39, 0.29) is 5.91 Å². The van der Waals surface area contributed by atoms with Crippen molar-refractivity contribution in [3.63, 3.8) is 0 Å². The van der Waals surface area contributed by atoms with Gasteiger partial charge in [-0.25, -0.2) is 0 Å². The normalized spacial score (nSPS) is 10.5. The van der Waals surface area contributed by atoms with Crippen molar-refractivity contribution < 1.29 is 9.21 Å². The van der Waals surface area contributed by atoms with E-state index in [1.807, 2.05) is 55.4 Å². The molecule has 0 spiro atoms. The summed E-state index contributed by atoms with van der Waals surface area (Å²) in [6.45, 7) is 1.74. The Morgan fingerprint density at radius 3 is 2.58 bits per heavy atom. The van der Waals surface area contributed by atoms with Gasteiger partial charge >= 0.3 is 0 Å². The predicted octanol–water partition coefficient (Wildman–Crippen LogP) is 3.36. The van der Waals surface area contributed by atoms with E-state index in [1.165, 1.54) is 0 Å². The second-order valence-corrected chi connectivity index (χ2v) is 5.61. The first kappa shape index (κ1) is 15.7. The molecule has 3 rings (SSSR count). The van der Waals surface area contributed by atoms with Crippen molar-refractivity contribution in [3.8, 4) is 11.5 Å². The molecule has 1 aromatic heterocycles. The third-order valence-corrected chi connectivity index (χ3v) is 3.52. The highest BCUT2D eigenvalue weighted by Gasteiger charge is 2.10. The van der Waals surface area contributed by atoms with Gasteiger partial charge in [-0.2, -0.15) is 0 Å². The van der Waals surface area contributed by atoms with E-state index in [1.54, 1.807) is 19.1 Å². The second kappa shape index (κ2) is 6.54. The highest BCUT2D eigenvalue weighted by molar-refractivity contribution is 6.05. The van der Waals surface area contributed by atoms with Crippen LogP contribution < -0.4 is 10.2 Å². The maximum absolute atomic E-state index is 12.5. The number of aryl methyl sites for hydroxylation is 1. The molecule has 1 N–H and O–H groups in total. The van der Waals surface area contributed by atoms with Gasteiger partial charge < -0.3 is 14.6 Å². The summed E-state index contributed by atoms with van der Waals surface area (Å²) in [5.74, 6) is 0.760. The molecule has 0 aliphatic heterocycles. The van der Waals surface area contributed by atoms with Crippen LogP contribution in [0, 0.1) is 6.92 Å². The summed E-state index contributed by atoms with van der Waals surface area (Å²) >= 11 is 0. The Morgan fingerprint density at radius 1 is 1.08 bits per heavy atom. The van der Waals surface area contributed by atoms with Crippen molar-refractivity contribution in [2.75, 3.05) is 24.3 Å². The monoisotopic (exact) mass is 322 g/mol. The van der Waals surface area contributed by atoms with E-state index in [0.29, 0.717) is 23.0 Å². The molecular formula is C18H18N4O2. The average molecular weight is 322 g/mol. The van der Waals surface area contributed by atoms with Gasteiger partial charge in [-0.3, -0.25) is 4.79 Å². The van der Waals surface area contributed by atoms with Crippen LogP contribution in [0.2, 0.25) is 0 Å². The Kier molecular flexibility index (Phi) is 4.29. The number of nitrogens with zero attached hydrogens (tertiary/aromatic N) is 3. The van der Waals surface area contributed by atoms with Crippen molar-refractivity contribution in [1.29, 1.82) is 0 Å².